The average molecular weight is 675 g/mol. The number of terminal acetylenes is 1. The van der Waals surface area contributed by atoms with Gasteiger partial charge in [-0.3, -0.25) is 4.79 Å². The van der Waals surface area contributed by atoms with Crippen LogP contribution >= 0.6 is 0 Å². The predicted octanol–water partition coefficient (Wildman–Crippen LogP) is 5.86. The Kier molecular flexibility index (Phi) is 10.1. The summed E-state index contributed by atoms with van der Waals surface area (Å²) in [6, 6.07) is 0. The zero-order valence-corrected chi connectivity index (χ0v) is 31.2. The Hall–Kier alpha value is -1.21. The predicted molar refractivity (Wildman–Crippen MR) is 184 cm³/mol. The van der Waals surface area contributed by atoms with Crippen LogP contribution in [0.4, 0.5) is 0 Å². The minimum absolute atomic E-state index is 0.0172. The van der Waals surface area contributed by atoms with Crippen molar-refractivity contribution in [1.82, 2.24) is 0 Å². The maximum Gasteiger partial charge on any atom is 0.303 e. The van der Waals surface area contributed by atoms with E-state index in [2.05, 4.69) is 54.4 Å². The Balaban J connectivity index is 0.00000221. The van der Waals surface area contributed by atoms with Gasteiger partial charge in [0.1, 0.15) is 12.2 Å². The van der Waals surface area contributed by atoms with Crippen molar-refractivity contribution in [3.63, 3.8) is 0 Å². The van der Waals surface area contributed by atoms with Gasteiger partial charge in [0.2, 0.25) is 0 Å². The highest BCUT2D eigenvalue weighted by molar-refractivity contribution is 5.66. The fraction of sp³-hybridized carbons (Fsp3) is 0.925. The average Bonchev–Trinajstić information content (AvgIpc) is 3.46. The summed E-state index contributed by atoms with van der Waals surface area (Å²) in [6.07, 6.45) is 14.4. The van der Waals surface area contributed by atoms with Crippen molar-refractivity contribution in [2.45, 2.75) is 169 Å². The smallest absolute Gasteiger partial charge is 0.303 e. The third-order valence-electron chi connectivity index (χ3n) is 16.3. The van der Waals surface area contributed by atoms with Crippen LogP contribution in [0.3, 0.4) is 0 Å². The molecule has 1 heterocycles. The topological polar surface area (TPSA) is 126 Å². The monoisotopic (exact) mass is 674 g/mol. The van der Waals surface area contributed by atoms with E-state index in [-0.39, 0.29) is 46.9 Å². The number of ether oxygens (including phenoxy) is 3. The van der Waals surface area contributed by atoms with Crippen LogP contribution in [0, 0.1) is 69.5 Å². The first-order valence-corrected chi connectivity index (χ1v) is 18.8. The summed E-state index contributed by atoms with van der Waals surface area (Å²) < 4.78 is 18.0. The summed E-state index contributed by atoms with van der Waals surface area (Å²) in [7, 11) is 0. The van der Waals surface area contributed by atoms with Gasteiger partial charge in [-0.2, -0.15) is 0 Å². The Morgan fingerprint density at radius 2 is 1.60 bits per heavy atom. The normalized spacial score (nSPS) is 48.7. The maximum absolute atomic E-state index is 12.0. The Labute approximate surface area is 290 Å². The highest BCUT2D eigenvalue weighted by atomic mass is 16.7. The molecule has 6 fully saturated rings. The van der Waals surface area contributed by atoms with E-state index in [0.717, 1.165) is 32.1 Å². The number of hydrogen-bond donors (Lipinski definition) is 4. The molecule has 8 nitrogen and oxygen atoms in total. The third-order valence-corrected chi connectivity index (χ3v) is 16.3. The first kappa shape index (κ1) is 38.0. The molecule has 0 bridgehead atoms. The fourth-order valence-electron chi connectivity index (χ4n) is 13.5. The van der Waals surface area contributed by atoms with E-state index in [1.807, 2.05) is 0 Å². The summed E-state index contributed by atoms with van der Waals surface area (Å²) in [6.45, 7) is 19.3. The molecule has 0 aromatic rings. The van der Waals surface area contributed by atoms with Gasteiger partial charge >= 0.3 is 5.97 Å². The number of esters is 1. The molecule has 2 spiro atoms. The summed E-state index contributed by atoms with van der Waals surface area (Å²) in [5.74, 6) is 2.14. The molecule has 0 aromatic carbocycles. The Morgan fingerprint density at radius 3 is 2.21 bits per heavy atom. The van der Waals surface area contributed by atoms with Crippen molar-refractivity contribution < 1.29 is 39.4 Å². The van der Waals surface area contributed by atoms with E-state index < -0.39 is 30.2 Å². The van der Waals surface area contributed by atoms with Gasteiger partial charge in [-0.05, 0) is 123 Å². The van der Waals surface area contributed by atoms with E-state index >= 15 is 0 Å². The molecule has 274 valence electrons. The molecule has 0 aromatic heterocycles. The molecule has 1 aliphatic heterocycles. The molecule has 6 aliphatic rings. The quantitative estimate of drug-likeness (QED) is 0.143. The van der Waals surface area contributed by atoms with Crippen molar-refractivity contribution in [3.05, 3.63) is 0 Å². The molecular formula is C40H66O8. The number of rotatable bonds is 8. The lowest BCUT2D eigenvalue weighted by Gasteiger charge is -2.61. The molecular weight excluding hydrogens is 608 g/mol. The van der Waals surface area contributed by atoms with Gasteiger partial charge in [-0.25, -0.2) is 0 Å². The Morgan fingerprint density at radius 1 is 0.938 bits per heavy atom. The molecule has 8 heteroatoms. The van der Waals surface area contributed by atoms with E-state index in [1.54, 1.807) is 13.8 Å². The molecule has 0 amide bonds. The van der Waals surface area contributed by atoms with E-state index in [9.17, 15) is 25.2 Å². The largest absolute Gasteiger partial charge is 0.460 e. The van der Waals surface area contributed by atoms with Crippen molar-refractivity contribution in [1.29, 1.82) is 0 Å². The zero-order valence-electron chi connectivity index (χ0n) is 31.2. The number of carbonyl (C=O) groups is 1. The summed E-state index contributed by atoms with van der Waals surface area (Å²) >= 11 is 0. The van der Waals surface area contributed by atoms with Gasteiger partial charge in [-0.15, -0.1) is 12.8 Å². The number of fused-ring (bicyclic) bond motifs is 2. The molecule has 0 radical (unpaired) electrons. The summed E-state index contributed by atoms with van der Waals surface area (Å²) in [4.78, 5) is 11.8. The second-order valence-corrected chi connectivity index (χ2v) is 18.4. The standard InChI is InChI=1S/C38H64O8.C2H2/c1-21(10-13-31(34(6,7)43)45-23(3)39)36(9)29(42)18-25-24-11-12-28-33(4,5)30(46-32-19-26(40)27(41)20-44-32)14-15-38(28)22(2)37(24,38)17-16-35(25,36)8;1-2/h21-22,24-32,40-43H,10-20H2,1-9H3;1-2H/t21-,22+,24+,25?,26-,27-,28?,29-,30+,31+,32+,35+,36?,37+,38?;/m1./s1. The third kappa shape index (κ3) is 5.34. The lowest BCUT2D eigenvalue weighted by molar-refractivity contribution is -0.264. The molecule has 6 rings (SSSR count). The second-order valence-electron chi connectivity index (χ2n) is 18.4. The summed E-state index contributed by atoms with van der Waals surface area (Å²) in [5.41, 5.74) is -0.760. The lowest BCUT2D eigenvalue weighted by atomic mass is 9.44. The van der Waals surface area contributed by atoms with Crippen LogP contribution in [-0.4, -0.2) is 75.4 Å². The van der Waals surface area contributed by atoms with Crippen molar-refractivity contribution in [3.8, 4) is 12.8 Å². The molecule has 5 aliphatic carbocycles. The molecule has 4 N–H and O–H groups in total. The molecule has 5 saturated carbocycles. The Bertz CT molecular complexity index is 1210. The molecule has 1 saturated heterocycles. The maximum atomic E-state index is 12.0. The zero-order chi connectivity index (χ0) is 35.8. The highest BCUT2D eigenvalue weighted by Crippen LogP contribution is 2.90. The van der Waals surface area contributed by atoms with E-state index in [0.29, 0.717) is 47.3 Å². The highest BCUT2D eigenvalue weighted by Gasteiger charge is 2.85. The molecule has 48 heavy (non-hydrogen) atoms. The van der Waals surface area contributed by atoms with Gasteiger partial charge in [0.25, 0.3) is 0 Å². The van der Waals surface area contributed by atoms with Gasteiger partial charge in [0, 0.05) is 18.8 Å². The lowest BCUT2D eigenvalue weighted by Crippen LogP contribution is -2.57. The number of hydrogen-bond acceptors (Lipinski definition) is 8. The van der Waals surface area contributed by atoms with Gasteiger partial charge in [-0.1, -0.05) is 41.5 Å². The van der Waals surface area contributed by atoms with Crippen LogP contribution in [-0.2, 0) is 19.0 Å². The van der Waals surface area contributed by atoms with Crippen LogP contribution in [0.1, 0.15) is 127 Å². The SMILES string of the molecule is C#C.CC(=O)O[C@@H](CC[C@@H](C)C1(C)[C@H](O)CC2[C@@H]3CCC4C(C)(C)[C@@H](O[C@H]5C[C@@H](O)[C@H](O)CO5)CCC45[C@@H](C)[C@@]35CC[C@@]21C)C(C)(C)O. The minimum atomic E-state index is -1.12. The summed E-state index contributed by atoms with van der Waals surface area (Å²) in [5, 5.41) is 42.9. The van der Waals surface area contributed by atoms with E-state index in [4.69, 9.17) is 14.2 Å². The van der Waals surface area contributed by atoms with Crippen LogP contribution in [0.5, 0.6) is 0 Å². The van der Waals surface area contributed by atoms with Crippen LogP contribution < -0.4 is 0 Å². The fourth-order valence-corrected chi connectivity index (χ4v) is 13.5. The van der Waals surface area contributed by atoms with E-state index in [1.165, 1.54) is 26.2 Å². The van der Waals surface area contributed by atoms with Gasteiger partial charge in [0.05, 0.1) is 30.5 Å². The van der Waals surface area contributed by atoms with Crippen LogP contribution in [0.25, 0.3) is 0 Å². The van der Waals surface area contributed by atoms with Crippen LogP contribution in [0.2, 0.25) is 0 Å². The molecule has 15 atom stereocenters. The van der Waals surface area contributed by atoms with Crippen molar-refractivity contribution in [2.24, 2.45) is 56.7 Å². The first-order valence-electron chi connectivity index (χ1n) is 18.8. The van der Waals surface area contributed by atoms with Crippen molar-refractivity contribution in [2.75, 3.05) is 6.61 Å². The molecule has 4 unspecified atom stereocenters. The van der Waals surface area contributed by atoms with Crippen molar-refractivity contribution >= 4 is 5.97 Å². The first-order chi connectivity index (χ1) is 22.3. The van der Waals surface area contributed by atoms with Gasteiger partial charge in [0.15, 0.2) is 6.29 Å². The second kappa shape index (κ2) is 12.8. The number of aliphatic hydroxyl groups excluding tert-OH is 3. The van der Waals surface area contributed by atoms with Crippen LogP contribution in [0.15, 0.2) is 0 Å². The number of aliphatic hydroxyl groups is 4. The number of carbonyl (C=O) groups excluding carboxylic acids is 1. The van der Waals surface area contributed by atoms with Gasteiger partial charge < -0.3 is 34.6 Å². The minimum Gasteiger partial charge on any atom is -0.460 e.